The van der Waals surface area contributed by atoms with Crippen LogP contribution in [0.3, 0.4) is 0 Å². The lowest BCUT2D eigenvalue weighted by Gasteiger charge is -2.36. The fourth-order valence-corrected chi connectivity index (χ4v) is 4.25. The van der Waals surface area contributed by atoms with Crippen LogP contribution in [0, 0.1) is 0 Å². The van der Waals surface area contributed by atoms with E-state index in [2.05, 4.69) is 38.0 Å². The average molecular weight is 562 g/mol. The zero-order valence-corrected chi connectivity index (χ0v) is 21.1. The van der Waals surface area contributed by atoms with E-state index in [-0.39, 0.29) is 48.3 Å². The highest BCUT2D eigenvalue weighted by Gasteiger charge is 2.25. The zero-order chi connectivity index (χ0) is 22.3. The van der Waals surface area contributed by atoms with Crippen molar-refractivity contribution in [1.29, 1.82) is 0 Å². The topological polar surface area (TPSA) is 89.1 Å². The Kier molecular flexibility index (Phi) is 8.93. The van der Waals surface area contributed by atoms with Crippen molar-refractivity contribution in [3.05, 3.63) is 60.2 Å². The van der Waals surface area contributed by atoms with E-state index in [1.54, 1.807) is 7.05 Å². The quantitative estimate of drug-likeness (QED) is 0.296. The van der Waals surface area contributed by atoms with Crippen molar-refractivity contribution in [2.24, 2.45) is 4.99 Å². The van der Waals surface area contributed by atoms with Gasteiger partial charge in [-0.05, 0) is 23.8 Å². The summed E-state index contributed by atoms with van der Waals surface area (Å²) in [6, 6.07) is 18.1. The highest BCUT2D eigenvalue weighted by molar-refractivity contribution is 14.0. The normalized spacial score (nSPS) is 18.0. The average Bonchev–Trinajstić information content (AvgIpc) is 2.84. The van der Waals surface area contributed by atoms with E-state index < -0.39 is 0 Å². The first-order valence-electron chi connectivity index (χ1n) is 11.0. The monoisotopic (exact) mass is 562 g/mol. The fraction of sp³-hybridized carbons (Fsp3) is 0.375. The molecule has 0 radical (unpaired) electrons. The fourth-order valence-electron chi connectivity index (χ4n) is 4.25. The van der Waals surface area contributed by atoms with Crippen molar-refractivity contribution in [2.75, 3.05) is 56.5 Å². The van der Waals surface area contributed by atoms with Gasteiger partial charge in [0.2, 0.25) is 11.8 Å². The molecule has 33 heavy (non-hydrogen) atoms. The van der Waals surface area contributed by atoms with Crippen LogP contribution in [0.25, 0.3) is 0 Å². The lowest BCUT2D eigenvalue weighted by molar-refractivity contribution is -0.130. The van der Waals surface area contributed by atoms with E-state index in [0.717, 1.165) is 24.3 Å². The molecule has 8 nitrogen and oxygen atoms in total. The Morgan fingerprint density at radius 3 is 2.45 bits per heavy atom. The number of hydrogen-bond acceptors (Lipinski definition) is 4. The molecule has 1 atom stereocenters. The second-order valence-electron chi connectivity index (χ2n) is 8.05. The van der Waals surface area contributed by atoms with Gasteiger partial charge in [0.25, 0.3) is 0 Å². The summed E-state index contributed by atoms with van der Waals surface area (Å²) in [5, 5.41) is 9.30. The van der Waals surface area contributed by atoms with Crippen molar-refractivity contribution in [2.45, 2.75) is 12.3 Å². The van der Waals surface area contributed by atoms with Crippen LogP contribution in [-0.4, -0.2) is 69.0 Å². The molecular weight excluding hydrogens is 531 g/mol. The van der Waals surface area contributed by atoms with Crippen LogP contribution < -0.4 is 20.9 Å². The molecule has 0 aromatic heterocycles. The number of benzene rings is 2. The van der Waals surface area contributed by atoms with Crippen molar-refractivity contribution < 1.29 is 9.59 Å². The van der Waals surface area contributed by atoms with E-state index in [1.807, 2.05) is 47.4 Å². The van der Waals surface area contributed by atoms with Crippen molar-refractivity contribution >= 4 is 53.1 Å². The molecule has 0 aliphatic carbocycles. The van der Waals surface area contributed by atoms with Gasteiger partial charge in [-0.25, -0.2) is 0 Å². The lowest BCUT2D eigenvalue weighted by atomic mass is 9.90. The van der Waals surface area contributed by atoms with Gasteiger partial charge < -0.3 is 25.8 Å². The number of amides is 2. The molecule has 1 saturated heterocycles. The first-order chi connectivity index (χ1) is 15.6. The van der Waals surface area contributed by atoms with E-state index in [9.17, 15) is 9.59 Å². The van der Waals surface area contributed by atoms with Gasteiger partial charge >= 0.3 is 0 Å². The van der Waals surface area contributed by atoms with Gasteiger partial charge in [-0.3, -0.25) is 14.6 Å². The molecule has 2 heterocycles. The molecule has 2 aliphatic heterocycles. The Hall–Kier alpha value is -2.82. The third-order valence-corrected chi connectivity index (χ3v) is 6.01. The van der Waals surface area contributed by atoms with Crippen LogP contribution in [0.4, 0.5) is 11.4 Å². The third-order valence-electron chi connectivity index (χ3n) is 6.01. The Morgan fingerprint density at radius 2 is 1.73 bits per heavy atom. The van der Waals surface area contributed by atoms with E-state index in [1.165, 1.54) is 5.69 Å². The first kappa shape index (κ1) is 24.8. The van der Waals surface area contributed by atoms with Crippen LogP contribution in [0.15, 0.2) is 59.6 Å². The molecular formula is C24H31IN6O2. The van der Waals surface area contributed by atoms with Gasteiger partial charge in [0.15, 0.2) is 5.96 Å². The maximum absolute atomic E-state index is 12.7. The second kappa shape index (κ2) is 11.9. The lowest BCUT2D eigenvalue weighted by Crippen LogP contribution is -2.52. The molecule has 0 bridgehead atoms. The smallest absolute Gasteiger partial charge is 0.242 e. The number of piperazine rings is 1. The maximum atomic E-state index is 12.7. The number of fused-ring (bicyclic) bond motifs is 1. The molecule has 2 aromatic carbocycles. The standard InChI is InChI=1S/C24H30N6O2.HI/c1-25-24(26-16-18-15-22(31)28-21-10-6-5-9-20(18)21)27-17-23(32)30-13-11-29(12-14-30)19-7-3-2-4-8-19;/h2-10,18H,11-17H2,1H3,(H,28,31)(H2,25,26,27);1H. The molecule has 0 spiro atoms. The van der Waals surface area contributed by atoms with Gasteiger partial charge in [0, 0.05) is 63.5 Å². The van der Waals surface area contributed by atoms with Crippen LogP contribution in [0.1, 0.15) is 17.9 Å². The zero-order valence-electron chi connectivity index (χ0n) is 18.8. The molecule has 4 rings (SSSR count). The summed E-state index contributed by atoms with van der Waals surface area (Å²) in [7, 11) is 1.68. The number of nitrogens with zero attached hydrogens (tertiary/aromatic N) is 3. The maximum Gasteiger partial charge on any atom is 0.242 e. The minimum absolute atomic E-state index is 0. The molecule has 9 heteroatoms. The highest BCUT2D eigenvalue weighted by atomic mass is 127. The van der Waals surface area contributed by atoms with Crippen molar-refractivity contribution in [3.8, 4) is 0 Å². The highest BCUT2D eigenvalue weighted by Crippen LogP contribution is 2.31. The number of carbonyl (C=O) groups excluding carboxylic acids is 2. The minimum Gasteiger partial charge on any atom is -0.368 e. The van der Waals surface area contributed by atoms with Gasteiger partial charge in [-0.15, -0.1) is 24.0 Å². The molecule has 3 N–H and O–H groups in total. The van der Waals surface area contributed by atoms with Gasteiger partial charge in [0.1, 0.15) is 0 Å². The van der Waals surface area contributed by atoms with Crippen LogP contribution in [0.5, 0.6) is 0 Å². The number of rotatable bonds is 5. The van der Waals surface area contributed by atoms with Crippen molar-refractivity contribution in [3.63, 3.8) is 0 Å². The molecule has 1 fully saturated rings. The summed E-state index contributed by atoms with van der Waals surface area (Å²) >= 11 is 0. The number of anilines is 2. The van der Waals surface area contributed by atoms with Gasteiger partial charge in [-0.2, -0.15) is 0 Å². The number of carbonyl (C=O) groups is 2. The Morgan fingerprint density at radius 1 is 1.03 bits per heavy atom. The summed E-state index contributed by atoms with van der Waals surface area (Å²) in [4.78, 5) is 33.1. The summed E-state index contributed by atoms with van der Waals surface area (Å²) in [6.45, 7) is 3.81. The van der Waals surface area contributed by atoms with Crippen molar-refractivity contribution in [1.82, 2.24) is 15.5 Å². The molecule has 2 aromatic rings. The van der Waals surface area contributed by atoms with Crippen LogP contribution in [-0.2, 0) is 9.59 Å². The number of guanidine groups is 1. The molecule has 176 valence electrons. The summed E-state index contributed by atoms with van der Waals surface area (Å²) in [5.74, 6) is 0.691. The first-order valence-corrected chi connectivity index (χ1v) is 11.0. The van der Waals surface area contributed by atoms with Crippen LogP contribution in [0.2, 0.25) is 0 Å². The number of aliphatic imine (C=N–C) groups is 1. The van der Waals surface area contributed by atoms with Crippen LogP contribution >= 0.6 is 24.0 Å². The van der Waals surface area contributed by atoms with E-state index in [4.69, 9.17) is 0 Å². The second-order valence-corrected chi connectivity index (χ2v) is 8.05. The number of halogens is 1. The predicted molar refractivity (Wildman–Crippen MR) is 142 cm³/mol. The number of nitrogens with one attached hydrogen (secondary N) is 3. The SMILES string of the molecule is CN=C(NCC(=O)N1CCN(c2ccccc2)CC1)NCC1CC(=O)Nc2ccccc21.I. The van der Waals surface area contributed by atoms with E-state index in [0.29, 0.717) is 32.0 Å². The minimum atomic E-state index is 0. The van der Waals surface area contributed by atoms with Gasteiger partial charge in [-0.1, -0.05) is 36.4 Å². The molecule has 2 amide bonds. The Bertz CT molecular complexity index is 976. The Labute approximate surface area is 211 Å². The number of hydrogen-bond donors (Lipinski definition) is 3. The molecule has 0 saturated carbocycles. The summed E-state index contributed by atoms with van der Waals surface area (Å²) < 4.78 is 0. The summed E-state index contributed by atoms with van der Waals surface area (Å²) in [6.07, 6.45) is 0.422. The molecule has 1 unspecified atom stereocenters. The van der Waals surface area contributed by atoms with E-state index >= 15 is 0 Å². The van der Waals surface area contributed by atoms with Gasteiger partial charge in [0.05, 0.1) is 6.54 Å². The number of para-hydroxylation sites is 2. The molecule has 2 aliphatic rings. The largest absolute Gasteiger partial charge is 0.368 e. The Balaban J connectivity index is 0.00000306. The predicted octanol–water partition coefficient (Wildman–Crippen LogP) is 2.24. The summed E-state index contributed by atoms with van der Waals surface area (Å²) in [5.41, 5.74) is 3.17. The third kappa shape index (κ3) is 6.37.